The van der Waals surface area contributed by atoms with Gasteiger partial charge in [0.2, 0.25) is 0 Å². The van der Waals surface area contributed by atoms with Gasteiger partial charge in [-0.3, -0.25) is 0 Å². The summed E-state index contributed by atoms with van der Waals surface area (Å²) >= 11 is 0. The highest BCUT2D eigenvalue weighted by atomic mass is 16.3. The first-order valence-corrected chi connectivity index (χ1v) is 5.98. The van der Waals surface area contributed by atoms with Crippen LogP contribution in [-0.2, 0) is 0 Å². The van der Waals surface area contributed by atoms with Crippen molar-refractivity contribution in [3.63, 3.8) is 0 Å². The summed E-state index contributed by atoms with van der Waals surface area (Å²) in [7, 11) is 2.10. The number of benzene rings is 1. The first-order valence-electron chi connectivity index (χ1n) is 5.98. The number of anilines is 2. The van der Waals surface area contributed by atoms with Gasteiger partial charge in [-0.2, -0.15) is 0 Å². The average Bonchev–Trinajstić information content (AvgIpc) is 2.33. The number of likely N-dealkylation sites (N-methyl/N-ethyl adjacent to an activating group) is 1. The molecule has 1 unspecified atom stereocenters. The van der Waals surface area contributed by atoms with E-state index in [2.05, 4.69) is 29.0 Å². The molecular formula is C13H21N3O. The number of nitrogens with zero attached hydrogens (tertiary/aromatic N) is 2. The van der Waals surface area contributed by atoms with Crippen LogP contribution in [0.25, 0.3) is 0 Å². The Labute approximate surface area is 103 Å². The van der Waals surface area contributed by atoms with Gasteiger partial charge in [0.05, 0.1) is 23.5 Å². The Hall–Kier alpha value is -1.26. The Kier molecular flexibility index (Phi) is 3.26. The van der Waals surface area contributed by atoms with Crippen molar-refractivity contribution in [1.29, 1.82) is 0 Å². The van der Waals surface area contributed by atoms with Crippen LogP contribution in [0.1, 0.15) is 6.92 Å². The number of nitrogens with two attached hydrogens (primary N) is 1. The lowest BCUT2D eigenvalue weighted by Gasteiger charge is -2.40. The predicted octanol–water partition coefficient (Wildman–Crippen LogP) is 0.653. The molecule has 0 spiro atoms. The maximum absolute atomic E-state index is 9.26. The van der Waals surface area contributed by atoms with Gasteiger partial charge in [0, 0.05) is 26.7 Å². The number of fused-ring (bicyclic) bond motifs is 1. The molecule has 0 fully saturated rings. The van der Waals surface area contributed by atoms with Crippen LogP contribution in [0, 0.1) is 0 Å². The summed E-state index contributed by atoms with van der Waals surface area (Å²) in [6, 6.07) is 8.32. The highest BCUT2D eigenvalue weighted by molar-refractivity contribution is 5.73. The number of rotatable bonds is 3. The molecule has 94 valence electrons. The molecule has 0 amide bonds. The zero-order valence-corrected chi connectivity index (χ0v) is 10.6. The van der Waals surface area contributed by atoms with E-state index in [0.29, 0.717) is 6.54 Å². The molecule has 1 aromatic carbocycles. The second-order valence-electron chi connectivity index (χ2n) is 5.14. The van der Waals surface area contributed by atoms with E-state index in [1.165, 1.54) is 11.4 Å². The standard InChI is InChI=1S/C13H21N3O/c1-13(14,10-17)9-16-8-7-15(2)11-5-3-4-6-12(11)16/h3-6,17H,7-10,14H2,1-2H3. The van der Waals surface area contributed by atoms with Crippen molar-refractivity contribution in [3.05, 3.63) is 24.3 Å². The highest BCUT2D eigenvalue weighted by Crippen LogP contribution is 2.32. The maximum Gasteiger partial charge on any atom is 0.0625 e. The van der Waals surface area contributed by atoms with Crippen molar-refractivity contribution in [2.75, 3.05) is 43.1 Å². The number of hydrogen-bond donors (Lipinski definition) is 2. The highest BCUT2D eigenvalue weighted by Gasteiger charge is 2.26. The summed E-state index contributed by atoms with van der Waals surface area (Å²) in [5, 5.41) is 9.26. The molecule has 0 aliphatic carbocycles. The van der Waals surface area contributed by atoms with E-state index >= 15 is 0 Å². The van der Waals surface area contributed by atoms with Crippen LogP contribution in [-0.4, -0.2) is 43.9 Å². The molecule has 2 rings (SSSR count). The molecular weight excluding hydrogens is 214 g/mol. The molecule has 1 aliphatic heterocycles. The third kappa shape index (κ3) is 2.53. The van der Waals surface area contributed by atoms with Crippen LogP contribution in [0.3, 0.4) is 0 Å². The summed E-state index contributed by atoms with van der Waals surface area (Å²) in [6.45, 7) is 4.49. The smallest absolute Gasteiger partial charge is 0.0625 e. The topological polar surface area (TPSA) is 52.7 Å². The second kappa shape index (κ2) is 4.55. The van der Waals surface area contributed by atoms with E-state index in [0.717, 1.165) is 13.1 Å². The van der Waals surface area contributed by atoms with Crippen LogP contribution in [0.5, 0.6) is 0 Å². The lowest BCUT2D eigenvalue weighted by atomic mass is 10.0. The molecule has 0 radical (unpaired) electrons. The number of para-hydroxylation sites is 2. The van der Waals surface area contributed by atoms with Crippen LogP contribution in [0.15, 0.2) is 24.3 Å². The minimum Gasteiger partial charge on any atom is -0.394 e. The predicted molar refractivity (Wildman–Crippen MR) is 71.6 cm³/mol. The van der Waals surface area contributed by atoms with Crippen LogP contribution >= 0.6 is 0 Å². The summed E-state index contributed by atoms with van der Waals surface area (Å²) in [5.41, 5.74) is 7.91. The summed E-state index contributed by atoms with van der Waals surface area (Å²) < 4.78 is 0. The van der Waals surface area contributed by atoms with Gasteiger partial charge in [0.1, 0.15) is 0 Å². The summed E-state index contributed by atoms with van der Waals surface area (Å²) in [4.78, 5) is 4.50. The second-order valence-corrected chi connectivity index (χ2v) is 5.14. The van der Waals surface area contributed by atoms with Gasteiger partial charge in [0.25, 0.3) is 0 Å². The molecule has 1 aliphatic rings. The molecule has 1 aromatic rings. The molecule has 3 N–H and O–H groups in total. The number of hydrogen-bond acceptors (Lipinski definition) is 4. The molecule has 4 heteroatoms. The number of aliphatic hydroxyl groups excluding tert-OH is 1. The summed E-state index contributed by atoms with van der Waals surface area (Å²) in [6.07, 6.45) is 0. The fraction of sp³-hybridized carbons (Fsp3) is 0.538. The van der Waals surface area contributed by atoms with E-state index in [-0.39, 0.29) is 6.61 Å². The fourth-order valence-electron chi connectivity index (χ4n) is 2.22. The maximum atomic E-state index is 9.26. The van der Waals surface area contributed by atoms with Crippen molar-refractivity contribution < 1.29 is 5.11 Å². The molecule has 1 heterocycles. The molecule has 17 heavy (non-hydrogen) atoms. The minimum absolute atomic E-state index is 0.00149. The van der Waals surface area contributed by atoms with Crippen molar-refractivity contribution in [1.82, 2.24) is 0 Å². The minimum atomic E-state index is -0.553. The van der Waals surface area contributed by atoms with Gasteiger partial charge in [-0.1, -0.05) is 12.1 Å². The van der Waals surface area contributed by atoms with E-state index in [4.69, 9.17) is 5.73 Å². The van der Waals surface area contributed by atoms with E-state index in [9.17, 15) is 5.11 Å². The molecule has 0 saturated heterocycles. The number of aliphatic hydroxyl groups is 1. The monoisotopic (exact) mass is 235 g/mol. The Morgan fingerprint density at radius 1 is 1.29 bits per heavy atom. The third-order valence-electron chi connectivity index (χ3n) is 3.25. The zero-order chi connectivity index (χ0) is 12.5. The van der Waals surface area contributed by atoms with E-state index in [1.807, 2.05) is 19.1 Å². The molecule has 0 aromatic heterocycles. The molecule has 1 atom stereocenters. The Morgan fingerprint density at radius 2 is 1.94 bits per heavy atom. The van der Waals surface area contributed by atoms with Crippen LogP contribution in [0.2, 0.25) is 0 Å². The lowest BCUT2D eigenvalue weighted by Crippen LogP contribution is -2.53. The molecule has 0 saturated carbocycles. The van der Waals surface area contributed by atoms with Gasteiger partial charge in [-0.25, -0.2) is 0 Å². The molecule has 4 nitrogen and oxygen atoms in total. The first kappa shape index (κ1) is 12.2. The van der Waals surface area contributed by atoms with E-state index < -0.39 is 5.54 Å². The van der Waals surface area contributed by atoms with Crippen molar-refractivity contribution in [2.45, 2.75) is 12.5 Å². The third-order valence-corrected chi connectivity index (χ3v) is 3.25. The van der Waals surface area contributed by atoms with Crippen molar-refractivity contribution in [3.8, 4) is 0 Å². The van der Waals surface area contributed by atoms with Crippen molar-refractivity contribution in [2.24, 2.45) is 5.73 Å². The van der Waals surface area contributed by atoms with Gasteiger partial charge in [-0.15, -0.1) is 0 Å². The first-order chi connectivity index (χ1) is 8.03. The van der Waals surface area contributed by atoms with Gasteiger partial charge in [0.15, 0.2) is 0 Å². The summed E-state index contributed by atoms with van der Waals surface area (Å²) in [5.74, 6) is 0. The van der Waals surface area contributed by atoms with Gasteiger partial charge < -0.3 is 20.6 Å². The lowest BCUT2D eigenvalue weighted by molar-refractivity contribution is 0.211. The Morgan fingerprint density at radius 3 is 2.59 bits per heavy atom. The SMILES string of the molecule is CN1CCN(CC(C)(N)CO)c2ccccc21. The van der Waals surface area contributed by atoms with Gasteiger partial charge >= 0.3 is 0 Å². The quantitative estimate of drug-likeness (QED) is 0.808. The van der Waals surface area contributed by atoms with E-state index in [1.54, 1.807) is 0 Å². The zero-order valence-electron chi connectivity index (χ0n) is 10.6. The van der Waals surface area contributed by atoms with Crippen LogP contribution in [0.4, 0.5) is 11.4 Å². The largest absolute Gasteiger partial charge is 0.394 e. The van der Waals surface area contributed by atoms with Crippen LogP contribution < -0.4 is 15.5 Å². The average molecular weight is 235 g/mol. The normalized spacial score (nSPS) is 18.8. The van der Waals surface area contributed by atoms with Gasteiger partial charge in [-0.05, 0) is 19.1 Å². The Bertz CT molecular complexity index is 392. The Balaban J connectivity index is 2.24. The van der Waals surface area contributed by atoms with Crippen molar-refractivity contribution >= 4 is 11.4 Å². The fourth-order valence-corrected chi connectivity index (χ4v) is 2.22. The molecule has 0 bridgehead atoms.